The summed E-state index contributed by atoms with van der Waals surface area (Å²) in [7, 11) is 0. The highest BCUT2D eigenvalue weighted by Gasteiger charge is 2.18. The van der Waals surface area contributed by atoms with E-state index in [1.54, 1.807) is 13.1 Å². The summed E-state index contributed by atoms with van der Waals surface area (Å²) in [6.07, 6.45) is 1.04. The highest BCUT2D eigenvalue weighted by atomic mass is 16.7. The fraction of sp³-hybridized carbons (Fsp3) is 0.294. The van der Waals surface area contributed by atoms with Gasteiger partial charge in [-0.1, -0.05) is 11.2 Å². The number of hydrogen-bond donors (Lipinski definition) is 1. The Morgan fingerprint density at radius 1 is 1.27 bits per heavy atom. The van der Waals surface area contributed by atoms with Crippen LogP contribution in [0.5, 0.6) is 11.8 Å². The normalized spacial score (nSPS) is 10.8. The molecule has 0 unspecified atom stereocenters. The van der Waals surface area contributed by atoms with Gasteiger partial charge in [0, 0.05) is 12.2 Å². The molecule has 1 amide bonds. The van der Waals surface area contributed by atoms with Crippen LogP contribution < -0.4 is 14.8 Å². The third-order valence-corrected chi connectivity index (χ3v) is 3.32. The highest BCUT2D eigenvalue weighted by molar-refractivity contribution is 5.69. The molecule has 0 radical (unpaired) electrons. The molecule has 0 aliphatic carbocycles. The molecule has 136 valence electrons. The van der Waals surface area contributed by atoms with Crippen molar-refractivity contribution in [2.45, 2.75) is 33.4 Å². The maximum absolute atomic E-state index is 11.5. The third kappa shape index (κ3) is 4.18. The van der Waals surface area contributed by atoms with Crippen LogP contribution in [0.3, 0.4) is 0 Å². The molecule has 0 aliphatic heterocycles. The smallest absolute Gasteiger partial charge is 0.415 e. The zero-order valence-electron chi connectivity index (χ0n) is 14.6. The average Bonchev–Trinajstić information content (AvgIpc) is 3.19. The fourth-order valence-electron chi connectivity index (χ4n) is 2.13. The Morgan fingerprint density at radius 3 is 2.85 bits per heavy atom. The number of carbonyl (C=O) groups excluding carboxylic acids is 1. The summed E-state index contributed by atoms with van der Waals surface area (Å²) < 4.78 is 20.7. The van der Waals surface area contributed by atoms with E-state index in [2.05, 4.69) is 20.6 Å². The molecule has 0 aromatic carbocycles. The predicted octanol–water partition coefficient (Wildman–Crippen LogP) is 3.11. The van der Waals surface area contributed by atoms with E-state index >= 15 is 0 Å². The molecule has 3 aromatic heterocycles. The van der Waals surface area contributed by atoms with Crippen molar-refractivity contribution in [1.29, 1.82) is 0 Å². The van der Waals surface area contributed by atoms with Crippen molar-refractivity contribution in [2.24, 2.45) is 0 Å². The molecule has 0 spiro atoms. The molecule has 0 saturated heterocycles. The number of amides is 1. The van der Waals surface area contributed by atoms with Gasteiger partial charge in [-0.3, -0.25) is 4.98 Å². The van der Waals surface area contributed by atoms with E-state index < -0.39 is 6.09 Å². The molecular formula is C17H18N4O5. The summed E-state index contributed by atoms with van der Waals surface area (Å²) in [5, 5.41) is 10.3. The molecule has 0 bridgehead atoms. The number of hydrogen-bond acceptors (Lipinski definition) is 8. The lowest BCUT2D eigenvalue weighted by Crippen LogP contribution is -2.32. The van der Waals surface area contributed by atoms with Crippen LogP contribution >= 0.6 is 0 Å². The van der Waals surface area contributed by atoms with Crippen LogP contribution in [0.1, 0.15) is 25.2 Å². The average molecular weight is 358 g/mol. The molecule has 3 aromatic rings. The SMILES string of the molecule is Cc1onc(-c2ccccn2)c1COc1cc(OC(=O)NC(C)C)on1. The van der Waals surface area contributed by atoms with Crippen molar-refractivity contribution in [3.63, 3.8) is 0 Å². The maximum Gasteiger partial charge on any atom is 0.415 e. The van der Waals surface area contributed by atoms with Crippen LogP contribution in [0.25, 0.3) is 11.4 Å². The van der Waals surface area contributed by atoms with Crippen molar-refractivity contribution in [2.75, 3.05) is 0 Å². The number of carbonyl (C=O) groups is 1. The van der Waals surface area contributed by atoms with Crippen LogP contribution in [-0.2, 0) is 6.61 Å². The second-order valence-electron chi connectivity index (χ2n) is 5.74. The van der Waals surface area contributed by atoms with Crippen molar-refractivity contribution < 1.29 is 23.3 Å². The van der Waals surface area contributed by atoms with Crippen molar-refractivity contribution in [3.05, 3.63) is 41.8 Å². The first-order chi connectivity index (χ1) is 12.5. The first-order valence-corrected chi connectivity index (χ1v) is 7.97. The minimum absolute atomic E-state index is 0.0530. The van der Waals surface area contributed by atoms with E-state index in [1.807, 2.05) is 32.0 Å². The number of pyridine rings is 1. The summed E-state index contributed by atoms with van der Waals surface area (Å²) in [6.45, 7) is 5.56. The van der Waals surface area contributed by atoms with Crippen LogP contribution in [-0.4, -0.2) is 27.4 Å². The third-order valence-electron chi connectivity index (χ3n) is 3.32. The van der Waals surface area contributed by atoms with E-state index in [-0.39, 0.29) is 24.5 Å². The lowest BCUT2D eigenvalue weighted by molar-refractivity contribution is 0.176. The Bertz CT molecular complexity index is 872. The zero-order valence-corrected chi connectivity index (χ0v) is 14.6. The van der Waals surface area contributed by atoms with Gasteiger partial charge in [0.15, 0.2) is 0 Å². The fourth-order valence-corrected chi connectivity index (χ4v) is 2.13. The summed E-state index contributed by atoms with van der Waals surface area (Å²) in [6, 6.07) is 6.83. The van der Waals surface area contributed by atoms with Crippen LogP contribution in [0, 0.1) is 6.92 Å². The van der Waals surface area contributed by atoms with Gasteiger partial charge in [0.25, 0.3) is 5.88 Å². The topological polar surface area (TPSA) is 113 Å². The van der Waals surface area contributed by atoms with Gasteiger partial charge >= 0.3 is 12.0 Å². The molecule has 0 atom stereocenters. The second kappa shape index (κ2) is 7.68. The maximum atomic E-state index is 11.5. The highest BCUT2D eigenvalue weighted by Crippen LogP contribution is 2.26. The number of aryl methyl sites for hydroxylation is 1. The number of rotatable bonds is 6. The molecule has 0 aliphatic rings. The molecule has 9 heteroatoms. The van der Waals surface area contributed by atoms with Crippen molar-refractivity contribution >= 4 is 6.09 Å². The van der Waals surface area contributed by atoms with Crippen LogP contribution in [0.15, 0.2) is 39.5 Å². The molecule has 26 heavy (non-hydrogen) atoms. The lowest BCUT2D eigenvalue weighted by atomic mass is 10.1. The first-order valence-electron chi connectivity index (χ1n) is 7.97. The van der Waals surface area contributed by atoms with Gasteiger partial charge in [-0.2, -0.15) is 0 Å². The summed E-state index contributed by atoms with van der Waals surface area (Å²) in [5.74, 6) is 0.719. The van der Waals surface area contributed by atoms with Crippen LogP contribution in [0.4, 0.5) is 4.79 Å². The number of nitrogens with one attached hydrogen (secondary N) is 1. The monoisotopic (exact) mass is 358 g/mol. The largest absolute Gasteiger partial charge is 0.470 e. The van der Waals surface area contributed by atoms with Gasteiger partial charge < -0.3 is 23.8 Å². The van der Waals surface area contributed by atoms with E-state index in [4.69, 9.17) is 18.5 Å². The number of ether oxygens (including phenoxy) is 2. The zero-order chi connectivity index (χ0) is 18.5. The van der Waals surface area contributed by atoms with Crippen LogP contribution in [0.2, 0.25) is 0 Å². The van der Waals surface area contributed by atoms with Crippen molar-refractivity contribution in [3.8, 4) is 23.2 Å². The lowest BCUT2D eigenvalue weighted by Gasteiger charge is -2.05. The molecule has 0 saturated carbocycles. The minimum Gasteiger partial charge on any atom is -0.470 e. The van der Waals surface area contributed by atoms with E-state index in [9.17, 15) is 4.79 Å². The van der Waals surface area contributed by atoms with Gasteiger partial charge in [0.1, 0.15) is 18.1 Å². The molecular weight excluding hydrogens is 340 g/mol. The summed E-state index contributed by atoms with van der Waals surface area (Å²) in [4.78, 5) is 15.8. The molecule has 9 nitrogen and oxygen atoms in total. The molecule has 0 fully saturated rings. The Labute approximate surface area is 149 Å². The number of aromatic nitrogens is 3. The summed E-state index contributed by atoms with van der Waals surface area (Å²) >= 11 is 0. The van der Waals surface area contributed by atoms with Gasteiger partial charge in [0.2, 0.25) is 0 Å². The summed E-state index contributed by atoms with van der Waals surface area (Å²) in [5.41, 5.74) is 2.02. The van der Waals surface area contributed by atoms with E-state index in [0.29, 0.717) is 17.1 Å². The Hall–Kier alpha value is -3.36. The first kappa shape index (κ1) is 17.5. The van der Waals surface area contributed by atoms with Gasteiger partial charge in [-0.05, 0) is 38.1 Å². The van der Waals surface area contributed by atoms with Gasteiger partial charge in [0.05, 0.1) is 17.3 Å². The molecule has 3 heterocycles. The minimum atomic E-state index is -0.630. The predicted molar refractivity (Wildman–Crippen MR) is 89.6 cm³/mol. The second-order valence-corrected chi connectivity index (χ2v) is 5.74. The number of nitrogens with zero attached hydrogens (tertiary/aromatic N) is 3. The van der Waals surface area contributed by atoms with E-state index in [0.717, 1.165) is 5.56 Å². The molecule has 1 N–H and O–H groups in total. The van der Waals surface area contributed by atoms with Gasteiger partial charge in [-0.15, -0.1) is 0 Å². The molecule has 3 rings (SSSR count). The Kier molecular flexibility index (Phi) is 5.16. The standard InChI is InChI=1S/C17H18N4O5/c1-10(2)19-17(22)24-15-8-14(20-26-15)23-9-12-11(3)25-21-16(12)13-6-4-5-7-18-13/h4-8,10H,9H2,1-3H3,(H,19,22). The Balaban J connectivity index is 1.65. The van der Waals surface area contributed by atoms with Gasteiger partial charge in [-0.25, -0.2) is 4.79 Å². The Morgan fingerprint density at radius 2 is 2.12 bits per heavy atom. The van der Waals surface area contributed by atoms with E-state index in [1.165, 1.54) is 6.07 Å². The quantitative estimate of drug-likeness (QED) is 0.715. The van der Waals surface area contributed by atoms with Crippen molar-refractivity contribution in [1.82, 2.24) is 20.6 Å².